The molecule has 0 saturated carbocycles. The van der Waals surface area contributed by atoms with Gasteiger partial charge in [-0.1, -0.05) is 35.3 Å². The highest BCUT2D eigenvalue weighted by atomic mass is 35.5. The third kappa shape index (κ3) is 4.45. The van der Waals surface area contributed by atoms with Crippen LogP contribution in [0.25, 0.3) is 0 Å². The normalized spacial score (nSPS) is 14.9. The van der Waals surface area contributed by atoms with Crippen molar-refractivity contribution >= 4 is 51.0 Å². The molecule has 0 radical (unpaired) electrons. The number of hydrogen-bond donors (Lipinski definition) is 3. The van der Waals surface area contributed by atoms with Crippen LogP contribution in [0.5, 0.6) is 0 Å². The fraction of sp³-hybridized carbons (Fsp3) is 0.0400. The van der Waals surface area contributed by atoms with E-state index in [1.165, 1.54) is 0 Å². The second-order valence-corrected chi connectivity index (χ2v) is 9.35. The molecular formula is C25H14Cl2N6O2S. The molecule has 0 amide bonds. The summed E-state index contributed by atoms with van der Waals surface area (Å²) >= 11 is 12.8. The summed E-state index contributed by atoms with van der Waals surface area (Å²) in [5, 5.41) is 33.4. The lowest BCUT2D eigenvalue weighted by Gasteiger charge is -2.26. The zero-order valence-electron chi connectivity index (χ0n) is 18.2. The van der Waals surface area contributed by atoms with Crippen LogP contribution in [0.15, 0.2) is 71.4 Å². The summed E-state index contributed by atoms with van der Waals surface area (Å²) in [7, 11) is 0. The SMILES string of the molecule is N#CC1=C(N)OC(Nc2sc(C(=O)c3ccc(Cl)cc3)c(N)c2C#N)=C(C#N)C1c1ccc(Cl)cc1. The van der Waals surface area contributed by atoms with E-state index in [1.807, 2.05) is 12.1 Å². The van der Waals surface area contributed by atoms with Gasteiger partial charge in [0.05, 0.1) is 11.6 Å². The molecule has 1 aromatic heterocycles. The average molecular weight is 533 g/mol. The zero-order chi connectivity index (χ0) is 26.0. The predicted octanol–water partition coefficient (Wildman–Crippen LogP) is 5.39. The van der Waals surface area contributed by atoms with Crippen LogP contribution >= 0.6 is 34.5 Å². The average Bonchev–Trinajstić information content (AvgIpc) is 3.18. The summed E-state index contributed by atoms with van der Waals surface area (Å²) in [4.78, 5) is 13.2. The Kier molecular flexibility index (Phi) is 6.87. The van der Waals surface area contributed by atoms with E-state index >= 15 is 0 Å². The molecule has 1 atom stereocenters. The number of carbonyl (C=O) groups is 1. The molecule has 11 heteroatoms. The summed E-state index contributed by atoms with van der Waals surface area (Å²) in [6, 6.07) is 18.9. The van der Waals surface area contributed by atoms with Crippen LogP contribution in [-0.2, 0) is 4.74 Å². The van der Waals surface area contributed by atoms with Crippen molar-refractivity contribution in [1.82, 2.24) is 0 Å². The highest BCUT2D eigenvalue weighted by molar-refractivity contribution is 7.19. The summed E-state index contributed by atoms with van der Waals surface area (Å²) < 4.78 is 5.59. The molecular weight excluding hydrogens is 519 g/mol. The molecule has 0 spiro atoms. The number of thiophene rings is 1. The third-order valence-electron chi connectivity index (χ3n) is 5.34. The van der Waals surface area contributed by atoms with Gasteiger partial charge in [0.1, 0.15) is 44.8 Å². The van der Waals surface area contributed by atoms with Crippen molar-refractivity contribution in [2.45, 2.75) is 5.92 Å². The van der Waals surface area contributed by atoms with Crippen LogP contribution in [0.1, 0.15) is 32.3 Å². The van der Waals surface area contributed by atoms with E-state index in [4.69, 9.17) is 39.4 Å². The first-order chi connectivity index (χ1) is 17.3. The fourth-order valence-corrected chi connectivity index (χ4v) is 4.88. The molecule has 1 unspecified atom stereocenters. The van der Waals surface area contributed by atoms with Crippen molar-refractivity contribution in [3.05, 3.63) is 103 Å². The van der Waals surface area contributed by atoms with E-state index in [-0.39, 0.29) is 44.0 Å². The molecule has 0 bridgehead atoms. The van der Waals surface area contributed by atoms with Crippen molar-refractivity contribution in [2.24, 2.45) is 5.73 Å². The van der Waals surface area contributed by atoms with E-state index < -0.39 is 11.7 Å². The van der Waals surface area contributed by atoms with Crippen LogP contribution in [0.4, 0.5) is 10.7 Å². The number of ketones is 1. The molecule has 0 aliphatic carbocycles. The van der Waals surface area contributed by atoms with E-state index in [1.54, 1.807) is 48.5 Å². The van der Waals surface area contributed by atoms with Gasteiger partial charge in [0, 0.05) is 15.6 Å². The number of halogens is 2. The van der Waals surface area contributed by atoms with Crippen molar-refractivity contribution in [1.29, 1.82) is 15.8 Å². The maximum atomic E-state index is 13.1. The standard InChI is InChI=1S/C25H14Cl2N6O2S/c26-14-5-1-12(2-6-14)19-16(9-28)23(32)35-24(17(19)10-29)33-25-18(11-30)20(31)22(36-25)21(34)13-3-7-15(27)8-4-13/h1-8,19,33H,31-32H2. The Morgan fingerprint density at radius 2 is 1.50 bits per heavy atom. The second kappa shape index (κ2) is 10.0. The predicted molar refractivity (Wildman–Crippen MR) is 137 cm³/mol. The molecule has 8 nitrogen and oxygen atoms in total. The van der Waals surface area contributed by atoms with E-state index in [0.717, 1.165) is 11.3 Å². The molecule has 5 N–H and O–H groups in total. The summed E-state index contributed by atoms with van der Waals surface area (Å²) in [5.41, 5.74) is 13.2. The summed E-state index contributed by atoms with van der Waals surface area (Å²) in [6.45, 7) is 0. The number of allylic oxidation sites excluding steroid dienone is 2. The van der Waals surface area contributed by atoms with Gasteiger partial charge >= 0.3 is 0 Å². The van der Waals surface area contributed by atoms with Crippen molar-refractivity contribution in [3.63, 3.8) is 0 Å². The number of nitrogens with one attached hydrogen (secondary N) is 1. The minimum absolute atomic E-state index is 0.00220. The molecule has 36 heavy (non-hydrogen) atoms. The Labute approximate surface area is 219 Å². The number of carbonyl (C=O) groups excluding carboxylic acids is 1. The first kappa shape index (κ1) is 24.7. The van der Waals surface area contributed by atoms with Gasteiger partial charge in [-0.2, -0.15) is 15.8 Å². The van der Waals surface area contributed by atoms with Gasteiger partial charge in [0.25, 0.3) is 0 Å². The number of ether oxygens (including phenoxy) is 1. The molecule has 176 valence electrons. The number of rotatable bonds is 5. The molecule has 0 saturated heterocycles. The zero-order valence-corrected chi connectivity index (χ0v) is 20.5. The summed E-state index contributed by atoms with van der Waals surface area (Å²) in [5.74, 6) is -1.54. The number of anilines is 2. The van der Waals surface area contributed by atoms with E-state index in [9.17, 15) is 20.6 Å². The fourth-order valence-electron chi connectivity index (χ4n) is 3.60. The smallest absolute Gasteiger partial charge is 0.215 e. The molecule has 4 rings (SSSR count). The van der Waals surface area contributed by atoms with Crippen LogP contribution in [0, 0.1) is 34.0 Å². The number of nitrogens with zero attached hydrogens (tertiary/aromatic N) is 3. The van der Waals surface area contributed by atoms with Crippen LogP contribution in [0.3, 0.4) is 0 Å². The monoisotopic (exact) mass is 532 g/mol. The lowest BCUT2D eigenvalue weighted by atomic mass is 9.84. The van der Waals surface area contributed by atoms with Crippen LogP contribution in [-0.4, -0.2) is 5.78 Å². The topological polar surface area (TPSA) is 162 Å². The van der Waals surface area contributed by atoms with Gasteiger partial charge in [-0.05, 0) is 42.0 Å². The van der Waals surface area contributed by atoms with Crippen molar-refractivity contribution in [2.75, 3.05) is 11.1 Å². The van der Waals surface area contributed by atoms with Gasteiger partial charge in [-0.15, -0.1) is 11.3 Å². The minimum atomic E-state index is -0.841. The van der Waals surface area contributed by atoms with Gasteiger partial charge in [-0.25, -0.2) is 0 Å². The summed E-state index contributed by atoms with van der Waals surface area (Å²) in [6.07, 6.45) is 0. The quantitative estimate of drug-likeness (QED) is 0.368. The Bertz CT molecular complexity index is 1570. The van der Waals surface area contributed by atoms with Gasteiger partial charge in [0.15, 0.2) is 0 Å². The van der Waals surface area contributed by atoms with Gasteiger partial charge in [0.2, 0.25) is 17.5 Å². The first-order valence-corrected chi connectivity index (χ1v) is 11.7. The molecule has 1 aliphatic heterocycles. The number of nitrogen functional groups attached to an aromatic ring is 1. The molecule has 2 aromatic carbocycles. The highest BCUT2D eigenvalue weighted by Crippen LogP contribution is 2.42. The number of hydrogen-bond acceptors (Lipinski definition) is 9. The minimum Gasteiger partial charge on any atom is -0.423 e. The van der Waals surface area contributed by atoms with E-state index in [2.05, 4.69) is 11.4 Å². The Morgan fingerprint density at radius 1 is 0.917 bits per heavy atom. The number of benzene rings is 2. The Hall–Kier alpha value is -4.46. The number of nitriles is 3. The highest BCUT2D eigenvalue weighted by Gasteiger charge is 2.34. The Balaban J connectivity index is 1.79. The molecule has 2 heterocycles. The number of nitrogens with two attached hydrogens (primary N) is 2. The maximum Gasteiger partial charge on any atom is 0.215 e. The maximum absolute atomic E-state index is 13.1. The Morgan fingerprint density at radius 3 is 2.06 bits per heavy atom. The van der Waals surface area contributed by atoms with Crippen LogP contribution in [0.2, 0.25) is 10.0 Å². The second-order valence-electron chi connectivity index (χ2n) is 7.45. The third-order valence-corrected chi connectivity index (χ3v) is 6.96. The van der Waals surface area contributed by atoms with Gasteiger partial charge < -0.3 is 21.5 Å². The first-order valence-electron chi connectivity index (χ1n) is 10.2. The van der Waals surface area contributed by atoms with Crippen molar-refractivity contribution in [3.8, 4) is 18.2 Å². The molecule has 0 fully saturated rings. The largest absolute Gasteiger partial charge is 0.423 e. The van der Waals surface area contributed by atoms with Crippen molar-refractivity contribution < 1.29 is 9.53 Å². The lowest BCUT2D eigenvalue weighted by Crippen LogP contribution is -2.23. The van der Waals surface area contributed by atoms with Crippen LogP contribution < -0.4 is 16.8 Å². The van der Waals surface area contributed by atoms with E-state index in [0.29, 0.717) is 21.2 Å². The lowest BCUT2D eigenvalue weighted by molar-refractivity contribution is 0.104. The molecule has 1 aliphatic rings. The van der Waals surface area contributed by atoms with Gasteiger partial charge in [-0.3, -0.25) is 4.79 Å². The molecule has 3 aromatic rings.